The Hall–Kier alpha value is -1.38. The van der Waals surface area contributed by atoms with E-state index in [9.17, 15) is 13.2 Å². The standard InChI is InChI=1S/C19H23NO4S3/c1-2-3-6-10-24-16-8-5-4-7-14(16)12-17-18(21)20(19(25)26-17)15-9-11-27(22,23)13-15/h4-5,7-8,12,15H,2-3,6,9-11,13H2,1H3/b17-12+. The Labute approximate surface area is 170 Å². The number of thiocarbonyl (C=S) groups is 1. The van der Waals surface area contributed by atoms with Crippen LogP contribution >= 0.6 is 24.0 Å². The number of sulfone groups is 1. The van der Waals surface area contributed by atoms with E-state index in [1.54, 1.807) is 6.08 Å². The molecule has 3 rings (SSSR count). The molecule has 0 N–H and O–H groups in total. The smallest absolute Gasteiger partial charge is 0.266 e. The van der Waals surface area contributed by atoms with E-state index in [1.807, 2.05) is 24.3 Å². The Bertz CT molecular complexity index is 863. The number of para-hydroxylation sites is 1. The molecule has 0 radical (unpaired) electrons. The van der Waals surface area contributed by atoms with Gasteiger partial charge in [0, 0.05) is 5.56 Å². The van der Waals surface area contributed by atoms with Crippen LogP contribution in [0.15, 0.2) is 29.2 Å². The molecule has 5 nitrogen and oxygen atoms in total. The van der Waals surface area contributed by atoms with Crippen molar-refractivity contribution in [2.24, 2.45) is 0 Å². The van der Waals surface area contributed by atoms with Crippen molar-refractivity contribution in [3.05, 3.63) is 34.7 Å². The molecule has 1 aromatic rings. The summed E-state index contributed by atoms with van der Waals surface area (Å²) >= 11 is 6.58. The van der Waals surface area contributed by atoms with Crippen molar-refractivity contribution in [2.75, 3.05) is 18.1 Å². The molecule has 2 heterocycles. The quantitative estimate of drug-likeness (QED) is 0.378. The molecule has 146 valence electrons. The van der Waals surface area contributed by atoms with Crippen LogP contribution in [0, 0.1) is 0 Å². The van der Waals surface area contributed by atoms with Crippen LogP contribution in [0.2, 0.25) is 0 Å². The topological polar surface area (TPSA) is 63.7 Å². The number of nitrogens with zero attached hydrogens (tertiary/aromatic N) is 1. The highest BCUT2D eigenvalue weighted by Crippen LogP contribution is 2.37. The number of rotatable bonds is 7. The molecule has 1 aromatic carbocycles. The molecule has 0 aliphatic carbocycles. The molecule has 1 amide bonds. The highest BCUT2D eigenvalue weighted by Gasteiger charge is 2.42. The summed E-state index contributed by atoms with van der Waals surface area (Å²) in [5.74, 6) is 0.627. The van der Waals surface area contributed by atoms with Crippen molar-refractivity contribution in [3.63, 3.8) is 0 Å². The summed E-state index contributed by atoms with van der Waals surface area (Å²) in [6.45, 7) is 2.78. The van der Waals surface area contributed by atoms with E-state index in [4.69, 9.17) is 17.0 Å². The number of hydrogen-bond acceptors (Lipinski definition) is 6. The number of thioether (sulfide) groups is 1. The normalized spacial score (nSPS) is 23.4. The van der Waals surface area contributed by atoms with Crippen LogP contribution in [0.5, 0.6) is 5.75 Å². The van der Waals surface area contributed by atoms with Crippen LogP contribution in [-0.4, -0.2) is 47.7 Å². The summed E-state index contributed by atoms with van der Waals surface area (Å²) in [6.07, 6.45) is 5.47. The number of ether oxygens (including phenoxy) is 1. The van der Waals surface area contributed by atoms with E-state index in [-0.39, 0.29) is 23.5 Å². The van der Waals surface area contributed by atoms with Gasteiger partial charge in [0.25, 0.3) is 5.91 Å². The summed E-state index contributed by atoms with van der Waals surface area (Å²) in [5.41, 5.74) is 0.827. The lowest BCUT2D eigenvalue weighted by Gasteiger charge is -2.20. The summed E-state index contributed by atoms with van der Waals surface area (Å²) in [4.78, 5) is 14.8. The van der Waals surface area contributed by atoms with Gasteiger partial charge in [0.1, 0.15) is 10.1 Å². The Kier molecular flexibility index (Phi) is 6.60. The van der Waals surface area contributed by atoms with Crippen molar-refractivity contribution in [1.82, 2.24) is 4.90 Å². The zero-order valence-electron chi connectivity index (χ0n) is 15.2. The van der Waals surface area contributed by atoms with Crippen LogP contribution in [0.4, 0.5) is 0 Å². The van der Waals surface area contributed by atoms with Crippen molar-refractivity contribution in [2.45, 2.75) is 38.6 Å². The van der Waals surface area contributed by atoms with E-state index < -0.39 is 9.84 Å². The molecule has 2 saturated heterocycles. The molecule has 0 saturated carbocycles. The van der Waals surface area contributed by atoms with Crippen LogP contribution in [0.1, 0.15) is 38.2 Å². The maximum absolute atomic E-state index is 12.8. The molecule has 0 aromatic heterocycles. The number of hydrogen-bond donors (Lipinski definition) is 0. The molecule has 0 spiro atoms. The molecule has 2 aliphatic heterocycles. The number of carbonyl (C=O) groups is 1. The van der Waals surface area contributed by atoms with Gasteiger partial charge in [-0.2, -0.15) is 0 Å². The summed E-state index contributed by atoms with van der Waals surface area (Å²) in [7, 11) is -3.08. The van der Waals surface area contributed by atoms with Gasteiger partial charge in [-0.25, -0.2) is 8.42 Å². The average Bonchev–Trinajstić information content (AvgIpc) is 3.11. The van der Waals surface area contributed by atoms with Gasteiger partial charge in [0.2, 0.25) is 0 Å². The van der Waals surface area contributed by atoms with Crippen molar-refractivity contribution < 1.29 is 17.9 Å². The van der Waals surface area contributed by atoms with Crippen molar-refractivity contribution >= 4 is 50.1 Å². The first-order chi connectivity index (χ1) is 12.9. The van der Waals surface area contributed by atoms with E-state index in [2.05, 4.69) is 6.92 Å². The third kappa shape index (κ3) is 4.92. The fourth-order valence-electron chi connectivity index (χ4n) is 3.18. The van der Waals surface area contributed by atoms with Gasteiger partial charge in [0.15, 0.2) is 9.84 Å². The van der Waals surface area contributed by atoms with Gasteiger partial charge in [-0.1, -0.05) is 61.9 Å². The van der Waals surface area contributed by atoms with Gasteiger partial charge < -0.3 is 4.74 Å². The third-order valence-corrected chi connectivity index (χ3v) is 7.69. The first-order valence-corrected chi connectivity index (χ1v) is 12.1. The number of amides is 1. The van der Waals surface area contributed by atoms with E-state index in [0.717, 1.165) is 30.6 Å². The number of benzene rings is 1. The number of unbranched alkanes of at least 4 members (excludes halogenated alkanes) is 2. The lowest BCUT2D eigenvalue weighted by Crippen LogP contribution is -2.39. The summed E-state index contributed by atoms with van der Waals surface area (Å²) in [5, 5.41) is 0. The predicted octanol–water partition coefficient (Wildman–Crippen LogP) is 3.64. The lowest BCUT2D eigenvalue weighted by atomic mass is 10.1. The van der Waals surface area contributed by atoms with Gasteiger partial charge in [-0.3, -0.25) is 9.69 Å². The fourth-order valence-corrected chi connectivity index (χ4v) is 6.27. The average molecular weight is 426 g/mol. The Morgan fingerprint density at radius 2 is 2.11 bits per heavy atom. The van der Waals surface area contributed by atoms with Gasteiger partial charge >= 0.3 is 0 Å². The summed E-state index contributed by atoms with van der Waals surface area (Å²) in [6, 6.07) is 7.24. The zero-order chi connectivity index (χ0) is 19.4. The molecular weight excluding hydrogens is 402 g/mol. The highest BCUT2D eigenvalue weighted by molar-refractivity contribution is 8.26. The lowest BCUT2D eigenvalue weighted by molar-refractivity contribution is -0.123. The molecule has 2 fully saturated rings. The molecule has 8 heteroatoms. The first-order valence-electron chi connectivity index (χ1n) is 9.10. The van der Waals surface area contributed by atoms with Gasteiger partial charge in [-0.15, -0.1) is 0 Å². The minimum Gasteiger partial charge on any atom is -0.493 e. The monoisotopic (exact) mass is 425 g/mol. The van der Waals surface area contributed by atoms with Crippen LogP contribution in [0.25, 0.3) is 6.08 Å². The Morgan fingerprint density at radius 3 is 2.81 bits per heavy atom. The molecule has 27 heavy (non-hydrogen) atoms. The van der Waals surface area contributed by atoms with Crippen molar-refractivity contribution in [1.29, 1.82) is 0 Å². The van der Waals surface area contributed by atoms with Gasteiger partial charge in [0.05, 0.1) is 29.1 Å². The third-order valence-electron chi connectivity index (χ3n) is 4.61. The predicted molar refractivity (Wildman–Crippen MR) is 114 cm³/mol. The largest absolute Gasteiger partial charge is 0.493 e. The maximum Gasteiger partial charge on any atom is 0.266 e. The Balaban J connectivity index is 1.76. The first kappa shape index (κ1) is 20.4. The summed E-state index contributed by atoms with van der Waals surface area (Å²) < 4.78 is 29.8. The van der Waals surface area contributed by atoms with Crippen LogP contribution in [-0.2, 0) is 14.6 Å². The second kappa shape index (κ2) is 8.75. The van der Waals surface area contributed by atoms with Crippen molar-refractivity contribution in [3.8, 4) is 5.75 Å². The Morgan fingerprint density at radius 1 is 1.33 bits per heavy atom. The maximum atomic E-state index is 12.8. The van der Waals surface area contributed by atoms with E-state index in [0.29, 0.717) is 22.3 Å². The minimum absolute atomic E-state index is 0.0101. The second-order valence-corrected chi connectivity index (χ2v) is 10.6. The van der Waals surface area contributed by atoms with E-state index >= 15 is 0 Å². The number of carbonyl (C=O) groups excluding carboxylic acids is 1. The zero-order valence-corrected chi connectivity index (χ0v) is 17.7. The highest BCUT2D eigenvalue weighted by atomic mass is 32.2. The molecule has 1 unspecified atom stereocenters. The molecular formula is C19H23NO4S3. The van der Waals surface area contributed by atoms with Crippen LogP contribution in [0.3, 0.4) is 0 Å². The molecule has 0 bridgehead atoms. The SMILES string of the molecule is CCCCCOc1ccccc1/C=C1/SC(=S)N(C2CCS(=O)(=O)C2)C1=O. The molecule has 2 aliphatic rings. The minimum atomic E-state index is -3.08. The second-order valence-electron chi connectivity index (χ2n) is 6.70. The van der Waals surface area contributed by atoms with Gasteiger partial charge in [-0.05, 0) is 25.0 Å². The van der Waals surface area contributed by atoms with E-state index in [1.165, 1.54) is 16.7 Å². The van der Waals surface area contributed by atoms with Crippen LogP contribution < -0.4 is 4.74 Å². The molecule has 1 atom stereocenters. The fraction of sp³-hybridized carbons (Fsp3) is 0.474.